The molecule has 0 aliphatic carbocycles. The summed E-state index contributed by atoms with van der Waals surface area (Å²) in [6, 6.07) is 0.562. The van der Waals surface area contributed by atoms with Crippen molar-refractivity contribution in [2.24, 2.45) is 0 Å². The summed E-state index contributed by atoms with van der Waals surface area (Å²) in [5.41, 5.74) is 0. The Labute approximate surface area is 79.8 Å². The van der Waals surface area contributed by atoms with E-state index >= 15 is 0 Å². The van der Waals surface area contributed by atoms with Gasteiger partial charge in [0.1, 0.15) is 0 Å². The fraction of sp³-hybridized carbons (Fsp3) is 0.875. The number of hydrogen-bond acceptors (Lipinski definition) is 2. The topological polar surface area (TPSA) is 35.5 Å². The summed E-state index contributed by atoms with van der Waals surface area (Å²) in [4.78, 5) is 2.18. The monoisotopic (exact) mass is 190 g/mol. The number of nitrogens with zero attached hydrogens (tertiary/aromatic N) is 1. The summed E-state index contributed by atoms with van der Waals surface area (Å²) in [6.45, 7) is 2.90. The van der Waals surface area contributed by atoms with Gasteiger partial charge in [0.05, 0.1) is 0 Å². The molecule has 3 nitrogen and oxygen atoms in total. The number of aliphatic hydroxyl groups is 1. The predicted octanol–water partition coefficient (Wildman–Crippen LogP) is 1.15. The van der Waals surface area contributed by atoms with E-state index in [2.05, 4.69) is 43.5 Å². The van der Waals surface area contributed by atoms with Gasteiger partial charge >= 0.3 is 0 Å². The van der Waals surface area contributed by atoms with Crippen LogP contribution in [0.3, 0.4) is 0 Å². The minimum absolute atomic E-state index is 0.108. The minimum atomic E-state index is -0.108. The molecule has 12 heavy (non-hydrogen) atoms. The number of rotatable bonds is 5. The molecule has 0 amide bonds. The molecular weight excluding hydrogens is 172 g/mol. The van der Waals surface area contributed by atoms with Crippen LogP contribution >= 0.6 is 12.2 Å². The molecule has 0 saturated heterocycles. The highest BCUT2D eigenvalue weighted by Gasteiger charge is 2.07. The molecule has 0 aromatic rings. The molecule has 4 heteroatoms. The Bertz CT molecular complexity index is 139. The van der Waals surface area contributed by atoms with E-state index in [-0.39, 0.29) is 5.17 Å². The summed E-state index contributed by atoms with van der Waals surface area (Å²) in [5.74, 6) is 0. The molecule has 0 aliphatic rings. The lowest BCUT2D eigenvalue weighted by atomic mass is 10.1. The smallest absolute Gasteiger partial charge is 0.254 e. The Morgan fingerprint density at radius 2 is 2.17 bits per heavy atom. The van der Waals surface area contributed by atoms with Crippen LogP contribution in [-0.4, -0.2) is 41.9 Å². The van der Waals surface area contributed by atoms with Crippen LogP contribution in [0.1, 0.15) is 19.8 Å². The zero-order chi connectivity index (χ0) is 9.56. The van der Waals surface area contributed by atoms with E-state index in [1.54, 1.807) is 0 Å². The Morgan fingerprint density at radius 3 is 2.50 bits per heavy atom. The molecular formula is C8H18N2OS. The van der Waals surface area contributed by atoms with Crippen molar-refractivity contribution in [3.05, 3.63) is 0 Å². The Kier molecular flexibility index (Phi) is 6.02. The lowest BCUT2D eigenvalue weighted by molar-refractivity contribution is 0.271. The second kappa shape index (κ2) is 6.20. The van der Waals surface area contributed by atoms with Crippen molar-refractivity contribution in [2.45, 2.75) is 25.8 Å². The molecule has 0 bridgehead atoms. The number of aliphatic hydroxyl groups excluding tert-OH is 1. The van der Waals surface area contributed by atoms with Crippen LogP contribution in [0.25, 0.3) is 0 Å². The fourth-order valence-corrected chi connectivity index (χ4v) is 1.28. The Morgan fingerprint density at radius 1 is 1.58 bits per heavy atom. The standard InChI is InChI=1S/C8H18N2OS/c1-4-7(10(2)3)5-6-9-8(11)12/h7H,4-6H2,1-3H3,(H2,9,11,12). The first kappa shape index (κ1) is 11.6. The summed E-state index contributed by atoms with van der Waals surface area (Å²) in [6.07, 6.45) is 2.12. The number of hydrogen-bond donors (Lipinski definition) is 2. The van der Waals surface area contributed by atoms with Gasteiger partial charge in [0.2, 0.25) is 0 Å². The van der Waals surface area contributed by atoms with Gasteiger partial charge in [-0.2, -0.15) is 0 Å². The average Bonchev–Trinajstić information content (AvgIpc) is 1.96. The Balaban J connectivity index is 3.51. The van der Waals surface area contributed by atoms with E-state index in [9.17, 15) is 0 Å². The highest BCUT2D eigenvalue weighted by atomic mass is 32.1. The average molecular weight is 190 g/mol. The molecule has 1 atom stereocenters. The number of nitrogens with one attached hydrogen (secondary N) is 1. The molecule has 0 aromatic carbocycles. The van der Waals surface area contributed by atoms with Crippen molar-refractivity contribution in [1.82, 2.24) is 10.2 Å². The van der Waals surface area contributed by atoms with Crippen LogP contribution < -0.4 is 5.32 Å². The molecule has 0 saturated carbocycles. The van der Waals surface area contributed by atoms with E-state index in [0.717, 1.165) is 19.4 Å². The van der Waals surface area contributed by atoms with Crippen molar-refractivity contribution >= 4 is 17.4 Å². The molecule has 0 aliphatic heterocycles. The largest absolute Gasteiger partial charge is 0.487 e. The third-order valence-electron chi connectivity index (χ3n) is 1.96. The second-order valence-corrected chi connectivity index (χ2v) is 3.43. The quantitative estimate of drug-likeness (QED) is 0.638. The highest BCUT2D eigenvalue weighted by Crippen LogP contribution is 2.02. The van der Waals surface area contributed by atoms with Crippen LogP contribution in [-0.2, 0) is 0 Å². The van der Waals surface area contributed by atoms with Crippen LogP contribution in [0.4, 0.5) is 0 Å². The summed E-state index contributed by atoms with van der Waals surface area (Å²) < 4.78 is 0. The maximum Gasteiger partial charge on any atom is 0.254 e. The van der Waals surface area contributed by atoms with Crippen LogP contribution in [0.5, 0.6) is 0 Å². The van der Waals surface area contributed by atoms with E-state index < -0.39 is 0 Å². The van der Waals surface area contributed by atoms with Crippen molar-refractivity contribution < 1.29 is 5.11 Å². The van der Waals surface area contributed by atoms with Gasteiger partial charge in [-0.15, -0.1) is 0 Å². The molecule has 2 N–H and O–H groups in total. The zero-order valence-electron chi connectivity index (χ0n) is 8.00. The van der Waals surface area contributed by atoms with E-state index in [1.165, 1.54) is 0 Å². The summed E-state index contributed by atoms with van der Waals surface area (Å²) in [7, 11) is 4.12. The van der Waals surface area contributed by atoms with Gasteiger partial charge in [0, 0.05) is 12.6 Å². The van der Waals surface area contributed by atoms with Gasteiger partial charge in [0.15, 0.2) is 0 Å². The molecule has 1 unspecified atom stereocenters. The first-order chi connectivity index (χ1) is 5.57. The maximum absolute atomic E-state index is 8.68. The fourth-order valence-electron chi connectivity index (χ4n) is 1.17. The van der Waals surface area contributed by atoms with Crippen LogP contribution in [0.15, 0.2) is 0 Å². The van der Waals surface area contributed by atoms with Crippen molar-refractivity contribution in [2.75, 3.05) is 20.6 Å². The molecule has 0 rings (SSSR count). The second-order valence-electron chi connectivity index (χ2n) is 3.05. The SMILES string of the molecule is CCC(CCNC(O)=S)N(C)C. The van der Waals surface area contributed by atoms with E-state index in [1.807, 2.05) is 0 Å². The minimum Gasteiger partial charge on any atom is -0.487 e. The summed E-state index contributed by atoms with van der Waals surface area (Å²) >= 11 is 4.48. The molecule has 0 fully saturated rings. The van der Waals surface area contributed by atoms with Crippen molar-refractivity contribution in [3.8, 4) is 0 Å². The van der Waals surface area contributed by atoms with Gasteiger partial charge in [-0.3, -0.25) is 0 Å². The normalized spacial score (nSPS) is 13.0. The van der Waals surface area contributed by atoms with Gasteiger partial charge in [0.25, 0.3) is 5.17 Å². The molecule has 0 heterocycles. The van der Waals surface area contributed by atoms with Gasteiger partial charge in [-0.25, -0.2) is 0 Å². The molecule has 0 radical (unpaired) electrons. The third kappa shape index (κ3) is 5.32. The van der Waals surface area contributed by atoms with Crippen molar-refractivity contribution in [3.63, 3.8) is 0 Å². The molecule has 72 valence electrons. The first-order valence-corrected chi connectivity index (χ1v) is 4.62. The molecule has 0 spiro atoms. The van der Waals surface area contributed by atoms with E-state index in [4.69, 9.17) is 5.11 Å². The van der Waals surface area contributed by atoms with Crippen LogP contribution in [0, 0.1) is 0 Å². The van der Waals surface area contributed by atoms with Gasteiger partial charge < -0.3 is 15.3 Å². The lowest BCUT2D eigenvalue weighted by Gasteiger charge is -2.22. The predicted molar refractivity (Wildman–Crippen MR) is 55.6 cm³/mol. The first-order valence-electron chi connectivity index (χ1n) is 4.21. The van der Waals surface area contributed by atoms with Crippen LogP contribution in [0.2, 0.25) is 0 Å². The summed E-state index contributed by atoms with van der Waals surface area (Å²) in [5, 5.41) is 11.3. The Hall–Kier alpha value is -0.350. The lowest BCUT2D eigenvalue weighted by Crippen LogP contribution is -2.32. The van der Waals surface area contributed by atoms with Gasteiger partial charge in [-0.1, -0.05) is 6.92 Å². The van der Waals surface area contributed by atoms with Crippen molar-refractivity contribution in [1.29, 1.82) is 0 Å². The highest BCUT2D eigenvalue weighted by molar-refractivity contribution is 7.79. The zero-order valence-corrected chi connectivity index (χ0v) is 8.82. The van der Waals surface area contributed by atoms with E-state index in [0.29, 0.717) is 6.04 Å². The molecule has 0 aromatic heterocycles. The third-order valence-corrected chi connectivity index (χ3v) is 2.10. The number of thiocarbonyl (C=S) groups is 1. The maximum atomic E-state index is 8.68. The van der Waals surface area contributed by atoms with Gasteiger partial charge in [-0.05, 0) is 39.2 Å².